The molecule has 2 heterocycles. The quantitative estimate of drug-likeness (QED) is 0.174. The highest BCUT2D eigenvalue weighted by molar-refractivity contribution is 7.26. The highest BCUT2D eigenvalue weighted by Crippen LogP contribution is 2.64. The molecule has 3 atom stereocenters. The van der Waals surface area contributed by atoms with Gasteiger partial charge in [0.1, 0.15) is 0 Å². The second-order valence-corrected chi connectivity index (χ2v) is 19.7. The molecule has 0 saturated heterocycles. The normalized spacial score (nSPS) is 19.2. The first-order valence-corrected chi connectivity index (χ1v) is 24.2. The SMILES string of the molecule is C1=CC2c3ccc(N(c4cccc5sc6ccccc6c45)C4C=C5C(=CC4)c4cccc6cccc(c46)C54c5ccccc5-c5ccccc54)cc3N(c3cccc4ccccc34)C2C=C1. The summed E-state index contributed by atoms with van der Waals surface area (Å²) in [6, 6.07) is 71.5. The van der Waals surface area contributed by atoms with Crippen molar-refractivity contribution in [1.29, 1.82) is 0 Å². The Bertz CT molecular complexity index is 3800. The monoisotopic (exact) mass is 858 g/mol. The summed E-state index contributed by atoms with van der Waals surface area (Å²) >= 11 is 1.90. The zero-order valence-corrected chi connectivity index (χ0v) is 36.9. The molecule has 15 rings (SSSR count). The molecule has 0 bridgehead atoms. The number of hydrogen-bond donors (Lipinski definition) is 0. The third kappa shape index (κ3) is 4.80. The van der Waals surface area contributed by atoms with Crippen LogP contribution < -0.4 is 9.80 Å². The van der Waals surface area contributed by atoms with Crippen LogP contribution in [0.15, 0.2) is 230 Å². The molecular weight excluding hydrogens is 817 g/mol. The van der Waals surface area contributed by atoms with Crippen molar-refractivity contribution in [3.63, 3.8) is 0 Å². The third-order valence-electron chi connectivity index (χ3n) is 15.5. The molecule has 1 aliphatic heterocycles. The zero-order valence-electron chi connectivity index (χ0n) is 36.1. The van der Waals surface area contributed by atoms with Gasteiger partial charge in [-0.15, -0.1) is 11.3 Å². The summed E-state index contributed by atoms with van der Waals surface area (Å²) in [7, 11) is 0. The summed E-state index contributed by atoms with van der Waals surface area (Å²) in [5.74, 6) is 0.255. The summed E-state index contributed by atoms with van der Waals surface area (Å²) < 4.78 is 2.63. The summed E-state index contributed by atoms with van der Waals surface area (Å²) in [5, 5.41) is 7.83. The standard InChI is InChI=1S/C63H42N2S/c1-2-19-43-39(15-1)16-13-29-55(43)65-56-28-9-5-22-47(56)48-36-34-42(38-58(48)65)64(57-30-14-32-60-62(57)50-23-6-10-31-59(50)66-60)41-33-35-46-49-24-11-17-40-18-12-27-53(61(40)49)63(54(46)37-41)51-25-7-3-20-44(51)45-21-4-8-26-52(45)63/h1-32,34-38,41,47,56H,33H2. The van der Waals surface area contributed by atoms with Crippen LogP contribution in [0.3, 0.4) is 0 Å². The van der Waals surface area contributed by atoms with Crippen LogP contribution in [-0.4, -0.2) is 12.1 Å². The second kappa shape index (κ2) is 13.7. The fraction of sp³-hybridized carbons (Fsp3) is 0.0794. The Hall–Kier alpha value is -7.72. The third-order valence-corrected chi connectivity index (χ3v) is 16.6. The summed E-state index contributed by atoms with van der Waals surface area (Å²) in [6.07, 6.45) is 15.4. The lowest BCUT2D eigenvalue weighted by Gasteiger charge is -2.45. The van der Waals surface area contributed by atoms with E-state index in [1.807, 2.05) is 11.3 Å². The maximum Gasteiger partial charge on any atom is 0.0723 e. The van der Waals surface area contributed by atoms with Gasteiger partial charge < -0.3 is 9.80 Å². The Balaban J connectivity index is 1.01. The average molecular weight is 859 g/mol. The average Bonchev–Trinajstić information content (AvgIpc) is 4.02. The Morgan fingerprint density at radius 2 is 1.20 bits per heavy atom. The molecule has 3 heteroatoms. The minimum Gasteiger partial charge on any atom is -0.334 e. The van der Waals surface area contributed by atoms with Gasteiger partial charge >= 0.3 is 0 Å². The number of benzene rings is 9. The van der Waals surface area contributed by atoms with Crippen LogP contribution in [0, 0.1) is 0 Å². The highest BCUT2D eigenvalue weighted by Gasteiger charge is 2.52. The molecule has 66 heavy (non-hydrogen) atoms. The minimum atomic E-state index is -0.490. The van der Waals surface area contributed by atoms with Crippen molar-refractivity contribution in [3.8, 4) is 11.1 Å². The van der Waals surface area contributed by atoms with Gasteiger partial charge in [-0.3, -0.25) is 0 Å². The first-order valence-electron chi connectivity index (χ1n) is 23.4. The van der Waals surface area contributed by atoms with Crippen LogP contribution in [0.25, 0.3) is 58.4 Å². The van der Waals surface area contributed by atoms with Crippen molar-refractivity contribution in [2.45, 2.75) is 29.8 Å². The molecule has 310 valence electrons. The number of allylic oxidation sites excluding steroid dienone is 4. The lowest BCUT2D eigenvalue weighted by Crippen LogP contribution is -2.38. The van der Waals surface area contributed by atoms with Crippen molar-refractivity contribution in [2.75, 3.05) is 9.80 Å². The molecule has 0 N–H and O–H groups in total. The van der Waals surface area contributed by atoms with Crippen molar-refractivity contribution < 1.29 is 0 Å². The van der Waals surface area contributed by atoms with E-state index in [9.17, 15) is 0 Å². The molecule has 4 aliphatic carbocycles. The molecule has 9 aromatic carbocycles. The fourth-order valence-electron chi connectivity index (χ4n) is 12.9. The molecule has 10 aromatic rings. The van der Waals surface area contributed by atoms with Gasteiger partial charge in [-0.05, 0) is 109 Å². The van der Waals surface area contributed by atoms with Gasteiger partial charge in [-0.2, -0.15) is 0 Å². The second-order valence-electron chi connectivity index (χ2n) is 18.6. The van der Waals surface area contributed by atoms with Gasteiger partial charge in [0.05, 0.1) is 23.2 Å². The predicted molar refractivity (Wildman–Crippen MR) is 279 cm³/mol. The first kappa shape index (κ1) is 36.6. The molecule has 3 unspecified atom stereocenters. The number of anilines is 4. The van der Waals surface area contributed by atoms with E-state index in [1.165, 1.54) is 115 Å². The van der Waals surface area contributed by atoms with Gasteiger partial charge in [0.2, 0.25) is 0 Å². The Morgan fingerprint density at radius 1 is 0.530 bits per heavy atom. The maximum atomic E-state index is 2.71. The summed E-state index contributed by atoms with van der Waals surface area (Å²) in [4.78, 5) is 5.33. The Kier molecular flexibility index (Phi) is 7.57. The number of rotatable bonds is 4. The number of fused-ring (bicyclic) bond motifs is 16. The zero-order chi connectivity index (χ0) is 43.1. The number of hydrogen-bond acceptors (Lipinski definition) is 3. The lowest BCUT2D eigenvalue weighted by molar-refractivity contribution is 0.720. The Morgan fingerprint density at radius 3 is 2.08 bits per heavy atom. The molecule has 1 aromatic heterocycles. The van der Waals surface area contributed by atoms with Gasteiger partial charge in [-0.25, -0.2) is 0 Å². The fourth-order valence-corrected chi connectivity index (χ4v) is 14.1. The lowest BCUT2D eigenvalue weighted by atomic mass is 9.58. The van der Waals surface area contributed by atoms with Crippen LogP contribution in [0.5, 0.6) is 0 Å². The van der Waals surface area contributed by atoms with E-state index in [0.29, 0.717) is 0 Å². The van der Waals surface area contributed by atoms with E-state index < -0.39 is 5.41 Å². The molecule has 2 nitrogen and oxygen atoms in total. The van der Waals surface area contributed by atoms with Crippen LogP contribution in [0.2, 0.25) is 0 Å². The van der Waals surface area contributed by atoms with E-state index >= 15 is 0 Å². The maximum absolute atomic E-state index is 2.71. The van der Waals surface area contributed by atoms with Gasteiger partial charge in [-0.1, -0.05) is 188 Å². The van der Waals surface area contributed by atoms with Gasteiger partial charge in [0, 0.05) is 48.5 Å². The predicted octanol–water partition coefficient (Wildman–Crippen LogP) is 16.3. The van der Waals surface area contributed by atoms with Crippen LogP contribution in [-0.2, 0) is 5.41 Å². The van der Waals surface area contributed by atoms with E-state index in [-0.39, 0.29) is 18.0 Å². The minimum absolute atomic E-state index is 0.00167. The van der Waals surface area contributed by atoms with Gasteiger partial charge in [0.15, 0.2) is 0 Å². The Labute approximate surface area is 388 Å². The largest absolute Gasteiger partial charge is 0.334 e. The van der Waals surface area contributed by atoms with Crippen molar-refractivity contribution in [1.82, 2.24) is 0 Å². The molecule has 0 fully saturated rings. The molecule has 0 saturated carbocycles. The molecular formula is C63H42N2S. The molecule has 0 radical (unpaired) electrons. The van der Waals surface area contributed by atoms with Crippen molar-refractivity contribution in [3.05, 3.63) is 258 Å². The van der Waals surface area contributed by atoms with Gasteiger partial charge in [0.25, 0.3) is 0 Å². The number of nitrogens with zero attached hydrogens (tertiary/aromatic N) is 2. The van der Waals surface area contributed by atoms with Crippen LogP contribution >= 0.6 is 11.3 Å². The van der Waals surface area contributed by atoms with E-state index in [1.54, 1.807) is 0 Å². The van der Waals surface area contributed by atoms with E-state index in [0.717, 1.165) is 6.42 Å². The first-order chi connectivity index (χ1) is 32.8. The van der Waals surface area contributed by atoms with E-state index in [2.05, 4.69) is 234 Å². The summed E-state index contributed by atoms with van der Waals surface area (Å²) in [6.45, 7) is 0. The topological polar surface area (TPSA) is 6.48 Å². The number of thiophene rings is 1. The molecule has 5 aliphatic rings. The van der Waals surface area contributed by atoms with Crippen LogP contribution in [0.1, 0.15) is 40.2 Å². The van der Waals surface area contributed by atoms with Crippen molar-refractivity contribution in [2.24, 2.45) is 0 Å². The smallest absolute Gasteiger partial charge is 0.0723 e. The molecule has 1 spiro atoms. The van der Waals surface area contributed by atoms with Crippen LogP contribution in [0.4, 0.5) is 22.7 Å². The highest BCUT2D eigenvalue weighted by atomic mass is 32.1. The summed E-state index contributed by atoms with van der Waals surface area (Å²) in [5.41, 5.74) is 16.7. The van der Waals surface area contributed by atoms with Crippen molar-refractivity contribution >= 4 is 81.4 Å². The molecule has 0 amide bonds. The van der Waals surface area contributed by atoms with E-state index in [4.69, 9.17) is 0 Å².